The lowest BCUT2D eigenvalue weighted by Gasteiger charge is -2.03. The maximum Gasteiger partial charge on any atom is 0.267 e. The van der Waals surface area contributed by atoms with Gasteiger partial charge in [-0.1, -0.05) is 12.8 Å². The van der Waals surface area contributed by atoms with Gasteiger partial charge in [0.25, 0.3) is 5.91 Å². The predicted octanol–water partition coefficient (Wildman–Crippen LogP) is 2.06. The van der Waals surface area contributed by atoms with Gasteiger partial charge in [0.15, 0.2) is 0 Å². The van der Waals surface area contributed by atoms with Crippen LogP contribution in [-0.2, 0) is 0 Å². The summed E-state index contributed by atoms with van der Waals surface area (Å²) in [5.74, 6) is -0.0761. The van der Waals surface area contributed by atoms with Crippen molar-refractivity contribution in [1.82, 2.24) is 10.3 Å². The van der Waals surface area contributed by atoms with E-state index in [4.69, 9.17) is 5.11 Å². The monoisotopic (exact) mass is 288 g/mol. The van der Waals surface area contributed by atoms with Gasteiger partial charge in [0.2, 0.25) is 0 Å². The molecule has 0 spiro atoms. The highest BCUT2D eigenvalue weighted by Gasteiger charge is 2.06. The van der Waals surface area contributed by atoms with Crippen LogP contribution in [0.15, 0.2) is 16.7 Å². The highest BCUT2D eigenvalue weighted by Crippen LogP contribution is 2.10. The maximum absolute atomic E-state index is 11.5. The van der Waals surface area contributed by atoms with Crippen molar-refractivity contribution in [2.45, 2.75) is 25.7 Å². The fourth-order valence-electron chi connectivity index (χ4n) is 1.39. The summed E-state index contributed by atoms with van der Waals surface area (Å²) in [7, 11) is 0. The fraction of sp³-hybridized carbons (Fsp3) is 0.545. The predicted molar refractivity (Wildman–Crippen MR) is 66.4 cm³/mol. The Labute approximate surface area is 104 Å². The van der Waals surface area contributed by atoms with Crippen molar-refractivity contribution >= 4 is 21.8 Å². The standard InChI is InChI=1S/C11H17BrN2O2/c12-9-7-10(14-8-9)11(16)13-5-3-1-2-4-6-15/h7-8,14-15H,1-6H2,(H,13,16). The van der Waals surface area contributed by atoms with Crippen LogP contribution in [0.4, 0.5) is 0 Å². The molecule has 0 saturated carbocycles. The molecule has 0 unspecified atom stereocenters. The molecule has 0 aliphatic heterocycles. The fourth-order valence-corrected chi connectivity index (χ4v) is 1.73. The van der Waals surface area contributed by atoms with Gasteiger partial charge < -0.3 is 15.4 Å². The molecular weight excluding hydrogens is 272 g/mol. The lowest BCUT2D eigenvalue weighted by Crippen LogP contribution is -2.24. The van der Waals surface area contributed by atoms with Crippen LogP contribution in [0, 0.1) is 0 Å². The van der Waals surface area contributed by atoms with Crippen molar-refractivity contribution in [2.24, 2.45) is 0 Å². The highest BCUT2D eigenvalue weighted by atomic mass is 79.9. The Balaban J connectivity index is 2.11. The molecule has 4 nitrogen and oxygen atoms in total. The number of amides is 1. The SMILES string of the molecule is O=C(NCCCCCCO)c1cc(Br)c[nH]1. The summed E-state index contributed by atoms with van der Waals surface area (Å²) in [5.41, 5.74) is 0.572. The number of carbonyl (C=O) groups excluding carboxylic acids is 1. The van der Waals surface area contributed by atoms with Crippen LogP contribution in [0.2, 0.25) is 0 Å². The number of aromatic nitrogens is 1. The smallest absolute Gasteiger partial charge is 0.267 e. The van der Waals surface area contributed by atoms with Crippen LogP contribution >= 0.6 is 15.9 Å². The van der Waals surface area contributed by atoms with Gasteiger partial charge in [-0.25, -0.2) is 0 Å². The average molecular weight is 289 g/mol. The molecule has 90 valence electrons. The van der Waals surface area contributed by atoms with E-state index < -0.39 is 0 Å². The molecule has 1 amide bonds. The number of aliphatic hydroxyl groups excluding tert-OH is 1. The molecule has 0 aliphatic carbocycles. The number of halogens is 1. The number of aliphatic hydroxyl groups is 1. The van der Waals surface area contributed by atoms with Crippen LogP contribution in [0.25, 0.3) is 0 Å². The van der Waals surface area contributed by atoms with E-state index in [0.717, 1.165) is 30.2 Å². The molecule has 1 aromatic heterocycles. The first kappa shape index (κ1) is 13.3. The Kier molecular flexibility index (Phi) is 6.18. The minimum absolute atomic E-state index is 0.0761. The molecule has 3 N–H and O–H groups in total. The zero-order valence-electron chi connectivity index (χ0n) is 9.13. The lowest BCUT2D eigenvalue weighted by molar-refractivity contribution is 0.0948. The molecule has 0 saturated heterocycles. The van der Waals surface area contributed by atoms with Crippen molar-refractivity contribution in [2.75, 3.05) is 13.2 Å². The summed E-state index contributed by atoms with van der Waals surface area (Å²) >= 11 is 3.28. The van der Waals surface area contributed by atoms with Gasteiger partial charge in [-0.15, -0.1) is 0 Å². The van der Waals surface area contributed by atoms with Gasteiger partial charge in [-0.2, -0.15) is 0 Å². The Morgan fingerprint density at radius 1 is 1.38 bits per heavy atom. The number of carbonyl (C=O) groups is 1. The second-order valence-electron chi connectivity index (χ2n) is 3.63. The normalized spacial score (nSPS) is 10.4. The zero-order chi connectivity index (χ0) is 11.8. The summed E-state index contributed by atoms with van der Waals surface area (Å²) in [4.78, 5) is 14.4. The number of H-pyrrole nitrogens is 1. The van der Waals surface area contributed by atoms with Crippen molar-refractivity contribution < 1.29 is 9.90 Å². The van der Waals surface area contributed by atoms with Crippen LogP contribution in [0.1, 0.15) is 36.2 Å². The van der Waals surface area contributed by atoms with Crippen LogP contribution in [0.3, 0.4) is 0 Å². The molecule has 16 heavy (non-hydrogen) atoms. The van der Waals surface area contributed by atoms with Crippen molar-refractivity contribution in [3.8, 4) is 0 Å². The summed E-state index contributed by atoms with van der Waals surface area (Å²) in [5, 5.41) is 11.4. The van der Waals surface area contributed by atoms with E-state index in [0.29, 0.717) is 12.2 Å². The Morgan fingerprint density at radius 3 is 2.75 bits per heavy atom. The van der Waals surface area contributed by atoms with E-state index in [1.54, 1.807) is 12.3 Å². The van der Waals surface area contributed by atoms with E-state index in [2.05, 4.69) is 26.2 Å². The first-order valence-corrected chi connectivity index (χ1v) is 6.26. The van der Waals surface area contributed by atoms with Gasteiger partial charge in [-0.05, 0) is 34.8 Å². The van der Waals surface area contributed by atoms with Crippen LogP contribution in [-0.4, -0.2) is 29.1 Å². The molecule has 5 heteroatoms. The third-order valence-electron chi connectivity index (χ3n) is 2.26. The zero-order valence-corrected chi connectivity index (χ0v) is 10.7. The van der Waals surface area contributed by atoms with E-state index in [9.17, 15) is 4.79 Å². The maximum atomic E-state index is 11.5. The Bertz CT molecular complexity index is 326. The molecule has 1 aromatic rings. The second kappa shape index (κ2) is 7.46. The van der Waals surface area contributed by atoms with Crippen molar-refractivity contribution in [1.29, 1.82) is 0 Å². The molecule has 0 fully saturated rings. The molecular formula is C11H17BrN2O2. The second-order valence-corrected chi connectivity index (χ2v) is 4.54. The largest absolute Gasteiger partial charge is 0.396 e. The first-order chi connectivity index (χ1) is 7.74. The van der Waals surface area contributed by atoms with E-state index in [1.165, 1.54) is 0 Å². The molecule has 1 heterocycles. The quantitative estimate of drug-likeness (QED) is 0.673. The number of hydrogen-bond acceptors (Lipinski definition) is 2. The van der Waals surface area contributed by atoms with Crippen LogP contribution in [0.5, 0.6) is 0 Å². The number of rotatable bonds is 7. The number of unbranched alkanes of at least 4 members (excludes halogenated alkanes) is 3. The van der Waals surface area contributed by atoms with Crippen LogP contribution < -0.4 is 5.32 Å². The van der Waals surface area contributed by atoms with Gasteiger partial charge in [0.05, 0.1) is 0 Å². The summed E-state index contributed by atoms with van der Waals surface area (Å²) < 4.78 is 0.876. The average Bonchev–Trinajstić information content (AvgIpc) is 2.70. The van der Waals surface area contributed by atoms with Gasteiger partial charge in [-0.3, -0.25) is 4.79 Å². The van der Waals surface area contributed by atoms with Gasteiger partial charge in [0.1, 0.15) is 5.69 Å². The summed E-state index contributed by atoms with van der Waals surface area (Å²) in [6, 6.07) is 1.75. The molecule has 0 aromatic carbocycles. The molecule has 0 aliphatic rings. The van der Waals surface area contributed by atoms with E-state index in [1.807, 2.05) is 0 Å². The molecule has 1 rings (SSSR count). The third kappa shape index (κ3) is 4.81. The number of nitrogens with one attached hydrogen (secondary N) is 2. The van der Waals surface area contributed by atoms with E-state index in [-0.39, 0.29) is 12.5 Å². The van der Waals surface area contributed by atoms with Crippen molar-refractivity contribution in [3.63, 3.8) is 0 Å². The minimum atomic E-state index is -0.0761. The summed E-state index contributed by atoms with van der Waals surface area (Å²) in [6.45, 7) is 0.934. The summed E-state index contributed by atoms with van der Waals surface area (Å²) in [6.07, 6.45) is 5.58. The van der Waals surface area contributed by atoms with Gasteiger partial charge >= 0.3 is 0 Å². The number of aromatic amines is 1. The molecule has 0 bridgehead atoms. The van der Waals surface area contributed by atoms with Crippen molar-refractivity contribution in [3.05, 3.63) is 22.4 Å². The molecule has 0 radical (unpaired) electrons. The van der Waals surface area contributed by atoms with Gasteiger partial charge in [0, 0.05) is 23.8 Å². The topological polar surface area (TPSA) is 65.1 Å². The first-order valence-electron chi connectivity index (χ1n) is 5.47. The van der Waals surface area contributed by atoms with E-state index >= 15 is 0 Å². The molecule has 0 atom stereocenters. The third-order valence-corrected chi connectivity index (χ3v) is 2.72. The Morgan fingerprint density at radius 2 is 2.12 bits per heavy atom. The highest BCUT2D eigenvalue weighted by molar-refractivity contribution is 9.10. The Hall–Kier alpha value is -0.810. The minimum Gasteiger partial charge on any atom is -0.396 e. The number of hydrogen-bond donors (Lipinski definition) is 3. The lowest BCUT2D eigenvalue weighted by atomic mass is 10.2.